The Balaban J connectivity index is 1.09. The lowest BCUT2D eigenvalue weighted by Crippen LogP contribution is -2.56. The summed E-state index contributed by atoms with van der Waals surface area (Å²) >= 11 is 0. The number of hydrogen-bond donors (Lipinski definition) is 4. The van der Waals surface area contributed by atoms with E-state index in [1.54, 1.807) is 37.3 Å². The van der Waals surface area contributed by atoms with Gasteiger partial charge in [0.05, 0.1) is 22.9 Å². The first-order valence-electron chi connectivity index (χ1n) is 17.1. The highest BCUT2D eigenvalue weighted by Gasteiger charge is 2.40. The number of aromatic nitrogens is 2. The molecule has 278 valence electrons. The van der Waals surface area contributed by atoms with Crippen LogP contribution in [0.4, 0.5) is 4.79 Å². The van der Waals surface area contributed by atoms with Crippen molar-refractivity contribution in [3.05, 3.63) is 71.5 Å². The summed E-state index contributed by atoms with van der Waals surface area (Å²) in [5.74, 6) is -2.11. The number of nitrogens with one attached hydrogen (secondary N) is 4. The van der Waals surface area contributed by atoms with Gasteiger partial charge in [-0.05, 0) is 49.9 Å². The third-order valence-electron chi connectivity index (χ3n) is 8.87. The van der Waals surface area contributed by atoms with Gasteiger partial charge in [-0.3, -0.25) is 23.9 Å². The Morgan fingerprint density at radius 3 is 2.58 bits per heavy atom. The Bertz CT molecular complexity index is 2010. The first-order valence-corrected chi connectivity index (χ1v) is 18.6. The molecule has 1 aliphatic heterocycles. The number of aromatic amines is 1. The molecule has 3 unspecified atom stereocenters. The molecule has 3 atom stereocenters. The normalized spacial score (nSPS) is 17.1. The van der Waals surface area contributed by atoms with Crippen molar-refractivity contribution < 1.29 is 37.1 Å². The minimum Gasteiger partial charge on any atom is -0.493 e. The Morgan fingerprint density at radius 1 is 1.10 bits per heavy atom. The smallest absolute Gasteiger partial charge is 0.407 e. The number of ether oxygens (including phenoxy) is 2. The minimum atomic E-state index is -3.84. The van der Waals surface area contributed by atoms with Crippen LogP contribution in [-0.2, 0) is 29.1 Å². The lowest BCUT2D eigenvalue weighted by atomic mass is 9.96. The fourth-order valence-electron chi connectivity index (χ4n) is 5.66. The summed E-state index contributed by atoms with van der Waals surface area (Å²) in [7, 11) is -3.84. The van der Waals surface area contributed by atoms with E-state index < -0.39 is 69.0 Å². The average molecular weight is 737 g/mol. The molecule has 2 aromatic carbocycles. The zero-order valence-corrected chi connectivity index (χ0v) is 30.2. The van der Waals surface area contributed by atoms with Crippen molar-refractivity contribution in [3.63, 3.8) is 0 Å². The summed E-state index contributed by atoms with van der Waals surface area (Å²) in [4.78, 5) is 73.1. The molecule has 15 nitrogen and oxygen atoms in total. The van der Waals surface area contributed by atoms with E-state index in [2.05, 4.69) is 31.9 Å². The number of para-hydroxylation sites is 2. The first-order chi connectivity index (χ1) is 24.7. The lowest BCUT2D eigenvalue weighted by molar-refractivity contribution is -0.139. The van der Waals surface area contributed by atoms with Gasteiger partial charge in [0.25, 0.3) is 11.5 Å². The van der Waals surface area contributed by atoms with Gasteiger partial charge in [0, 0.05) is 23.4 Å². The van der Waals surface area contributed by atoms with Crippen molar-refractivity contribution in [3.8, 4) is 17.0 Å². The van der Waals surface area contributed by atoms with Crippen LogP contribution in [-0.4, -0.2) is 90.7 Å². The van der Waals surface area contributed by atoms with Gasteiger partial charge >= 0.3 is 6.09 Å². The highest BCUT2D eigenvalue weighted by molar-refractivity contribution is 7.90. The van der Waals surface area contributed by atoms with Crippen LogP contribution < -0.4 is 25.7 Å². The molecule has 2 aliphatic rings. The Morgan fingerprint density at radius 2 is 1.85 bits per heavy atom. The molecule has 5 rings (SSSR count). The van der Waals surface area contributed by atoms with E-state index in [1.807, 2.05) is 32.0 Å². The van der Waals surface area contributed by atoms with Gasteiger partial charge in [0.1, 0.15) is 36.7 Å². The number of carbonyl (C=O) groups excluding carboxylic acids is 4. The molecule has 2 heterocycles. The SMILES string of the molecule is C=CC(C)C(NC(=O)C1CCCN1C(=O)CNC(=O)OCC(C)(C)COc1cccc(-c2nc3ccccc3[nH]c2=O)c1)C(=O)NS(=O)(=O)C1CC1. The van der Waals surface area contributed by atoms with E-state index in [0.717, 1.165) is 0 Å². The molecule has 4 N–H and O–H groups in total. The van der Waals surface area contributed by atoms with Crippen molar-refractivity contribution in [1.82, 2.24) is 30.2 Å². The largest absolute Gasteiger partial charge is 0.493 e. The quantitative estimate of drug-likeness (QED) is 0.168. The molecule has 16 heteroatoms. The fraction of sp³-hybridized carbons (Fsp3) is 0.444. The molecule has 52 heavy (non-hydrogen) atoms. The van der Waals surface area contributed by atoms with E-state index in [1.165, 1.54) is 11.0 Å². The molecule has 1 aliphatic carbocycles. The number of sulfonamides is 1. The van der Waals surface area contributed by atoms with Gasteiger partial charge in [0.2, 0.25) is 21.8 Å². The zero-order chi connectivity index (χ0) is 37.6. The number of benzene rings is 2. The Hall–Kier alpha value is -5.25. The number of H-pyrrole nitrogens is 1. The number of alkyl carbamates (subject to hydrolysis) is 1. The second-order valence-electron chi connectivity index (χ2n) is 13.9. The van der Waals surface area contributed by atoms with E-state index in [9.17, 15) is 32.4 Å². The second kappa shape index (κ2) is 16.0. The summed E-state index contributed by atoms with van der Waals surface area (Å²) in [5, 5.41) is 4.41. The predicted molar refractivity (Wildman–Crippen MR) is 193 cm³/mol. The van der Waals surface area contributed by atoms with Gasteiger partial charge < -0.3 is 30.0 Å². The lowest BCUT2D eigenvalue weighted by Gasteiger charge is -2.28. The number of nitrogens with zero attached hydrogens (tertiary/aromatic N) is 2. The Kier molecular flexibility index (Phi) is 11.7. The highest BCUT2D eigenvalue weighted by Crippen LogP contribution is 2.28. The fourth-order valence-corrected chi connectivity index (χ4v) is 7.00. The van der Waals surface area contributed by atoms with Crippen molar-refractivity contribution in [1.29, 1.82) is 0 Å². The summed E-state index contributed by atoms with van der Waals surface area (Å²) in [6, 6.07) is 12.1. The van der Waals surface area contributed by atoms with Gasteiger partial charge in [-0.25, -0.2) is 18.2 Å². The second-order valence-corrected chi connectivity index (χ2v) is 15.8. The minimum absolute atomic E-state index is 0.0469. The number of rotatable bonds is 15. The van der Waals surface area contributed by atoms with Crippen LogP contribution in [0.25, 0.3) is 22.3 Å². The van der Waals surface area contributed by atoms with Crippen LogP contribution in [0.3, 0.4) is 0 Å². The maximum absolute atomic E-state index is 13.3. The van der Waals surface area contributed by atoms with E-state index in [0.29, 0.717) is 48.0 Å². The molecular formula is C36H44N6O9S. The monoisotopic (exact) mass is 736 g/mol. The number of amides is 4. The van der Waals surface area contributed by atoms with E-state index >= 15 is 0 Å². The molecule has 1 saturated heterocycles. The maximum Gasteiger partial charge on any atom is 0.407 e. The number of likely N-dealkylation sites (tertiary alicyclic amines) is 1. The van der Waals surface area contributed by atoms with Crippen LogP contribution in [0.5, 0.6) is 5.75 Å². The third-order valence-corrected chi connectivity index (χ3v) is 10.7. The van der Waals surface area contributed by atoms with Gasteiger partial charge in [-0.2, -0.15) is 0 Å². The maximum atomic E-state index is 13.3. The molecule has 2 fully saturated rings. The van der Waals surface area contributed by atoms with Crippen molar-refractivity contribution in [2.45, 2.75) is 63.8 Å². The van der Waals surface area contributed by atoms with E-state index in [4.69, 9.17) is 9.47 Å². The molecule has 1 aromatic heterocycles. The first kappa shape index (κ1) is 38.0. The predicted octanol–water partition coefficient (Wildman–Crippen LogP) is 2.63. The van der Waals surface area contributed by atoms with Crippen LogP contribution in [0.1, 0.15) is 46.5 Å². The summed E-state index contributed by atoms with van der Waals surface area (Å²) in [5.41, 5.74) is 1.16. The van der Waals surface area contributed by atoms with Crippen molar-refractivity contribution >= 4 is 44.9 Å². The summed E-state index contributed by atoms with van der Waals surface area (Å²) < 4.78 is 38.1. The van der Waals surface area contributed by atoms with E-state index in [-0.39, 0.29) is 31.0 Å². The van der Waals surface area contributed by atoms with Gasteiger partial charge in [0.15, 0.2) is 0 Å². The standard InChI is InChI=1S/C36H44N6O9S/c1-5-22(2)30(34(46)41-52(48,49)25-15-16-25)40-32(44)28-14-9-17-42(28)29(43)19-37-35(47)51-21-36(3,4)20-50-24-11-8-10-23(18-24)31-33(45)39-27-13-7-6-12-26(27)38-31/h5-8,10-13,18,22,25,28,30H,1,9,14-17,19-21H2,2-4H3,(H,37,47)(H,39,45)(H,40,44)(H,41,46). The topological polar surface area (TPSA) is 206 Å². The van der Waals surface area contributed by atoms with Crippen LogP contribution >= 0.6 is 0 Å². The van der Waals surface area contributed by atoms with Gasteiger partial charge in [-0.15, -0.1) is 6.58 Å². The molecule has 3 aromatic rings. The third kappa shape index (κ3) is 9.54. The van der Waals surface area contributed by atoms with Gasteiger partial charge in [-0.1, -0.05) is 51.1 Å². The van der Waals surface area contributed by atoms with Crippen molar-refractivity contribution in [2.75, 3.05) is 26.3 Å². The summed E-state index contributed by atoms with van der Waals surface area (Å²) in [6.45, 7) is 8.88. The van der Waals surface area contributed by atoms with Crippen LogP contribution in [0.2, 0.25) is 0 Å². The van der Waals surface area contributed by atoms with Crippen LogP contribution in [0.15, 0.2) is 66.0 Å². The average Bonchev–Trinajstić information content (AvgIpc) is 3.88. The summed E-state index contributed by atoms with van der Waals surface area (Å²) in [6.07, 6.45) is 2.38. The highest BCUT2D eigenvalue weighted by atomic mass is 32.2. The molecular weight excluding hydrogens is 692 g/mol. The van der Waals surface area contributed by atoms with Crippen LogP contribution in [0, 0.1) is 11.3 Å². The molecule has 0 radical (unpaired) electrons. The molecule has 1 saturated carbocycles. The molecule has 4 amide bonds. The number of hydrogen-bond acceptors (Lipinski definition) is 10. The molecule has 0 spiro atoms. The van der Waals surface area contributed by atoms with Crippen molar-refractivity contribution in [2.24, 2.45) is 11.3 Å². The Labute approximate surface area is 301 Å². The number of carbonyl (C=O) groups is 4. The number of fused-ring (bicyclic) bond motifs is 1. The zero-order valence-electron chi connectivity index (χ0n) is 29.3. The molecule has 0 bridgehead atoms.